The van der Waals surface area contributed by atoms with Crippen LogP contribution in [-0.2, 0) is 9.59 Å². The van der Waals surface area contributed by atoms with Gasteiger partial charge in [0.2, 0.25) is 0 Å². The zero-order valence-corrected chi connectivity index (χ0v) is 18.3. The van der Waals surface area contributed by atoms with Crippen LogP contribution in [0.1, 0.15) is 29.1 Å². The molecule has 0 atom stereocenters. The summed E-state index contributed by atoms with van der Waals surface area (Å²) in [7, 11) is 0. The van der Waals surface area contributed by atoms with Crippen LogP contribution in [0.2, 0.25) is 0 Å². The van der Waals surface area contributed by atoms with Gasteiger partial charge in [-0.25, -0.2) is 10.2 Å². The summed E-state index contributed by atoms with van der Waals surface area (Å²) in [6.07, 6.45) is 0. The number of amides is 2. The third-order valence-corrected chi connectivity index (χ3v) is 5.01. The first-order valence-electron chi connectivity index (χ1n) is 9.71. The minimum atomic E-state index is -0.903. The van der Waals surface area contributed by atoms with Crippen molar-refractivity contribution in [3.63, 3.8) is 0 Å². The maximum Gasteiger partial charge on any atom is 0.353 e. The van der Waals surface area contributed by atoms with Crippen molar-refractivity contribution in [3.8, 4) is 11.5 Å². The number of hydrogen-bond donors (Lipinski definition) is 2. The Morgan fingerprint density at radius 2 is 1.62 bits per heavy atom. The molecule has 0 saturated carbocycles. The molecule has 3 rings (SSSR count). The molecule has 1 heterocycles. The van der Waals surface area contributed by atoms with E-state index in [-0.39, 0.29) is 0 Å². The zero-order chi connectivity index (χ0) is 22.9. The Balaban J connectivity index is 1.53. The van der Waals surface area contributed by atoms with Crippen LogP contribution in [0.5, 0.6) is 11.5 Å². The zero-order valence-electron chi connectivity index (χ0n) is 17.5. The summed E-state index contributed by atoms with van der Waals surface area (Å²) in [5, 5.41) is 8.24. The number of nitrogens with zero attached hydrogens (tertiary/aromatic N) is 1. The van der Waals surface area contributed by atoms with E-state index in [2.05, 4.69) is 15.8 Å². The molecule has 0 fully saturated rings. The van der Waals surface area contributed by atoms with Crippen molar-refractivity contribution in [2.24, 2.45) is 5.10 Å². The highest BCUT2D eigenvalue weighted by atomic mass is 32.1. The first-order valence-corrected chi connectivity index (χ1v) is 10.6. The second-order valence-electron chi connectivity index (χ2n) is 6.44. The molecular formula is C23H21N3O5S. The molecule has 2 N–H and O–H groups in total. The van der Waals surface area contributed by atoms with Crippen LogP contribution in [-0.4, -0.2) is 30.1 Å². The number of hydrazone groups is 1. The second kappa shape index (κ2) is 10.9. The molecule has 0 aliphatic rings. The fourth-order valence-electron chi connectivity index (χ4n) is 2.56. The Kier molecular flexibility index (Phi) is 7.71. The Morgan fingerprint density at radius 1 is 0.938 bits per heavy atom. The van der Waals surface area contributed by atoms with E-state index in [9.17, 15) is 14.4 Å². The maximum absolute atomic E-state index is 12.0. The molecule has 32 heavy (non-hydrogen) atoms. The van der Waals surface area contributed by atoms with Gasteiger partial charge in [-0.2, -0.15) is 5.10 Å². The van der Waals surface area contributed by atoms with Gasteiger partial charge in [0.15, 0.2) is 0 Å². The molecule has 0 unspecified atom stereocenters. The van der Waals surface area contributed by atoms with E-state index >= 15 is 0 Å². The van der Waals surface area contributed by atoms with E-state index in [1.165, 1.54) is 11.3 Å². The highest BCUT2D eigenvalue weighted by Gasteiger charge is 2.14. The third-order valence-electron chi connectivity index (χ3n) is 4.16. The summed E-state index contributed by atoms with van der Waals surface area (Å²) in [5.41, 5.74) is 3.85. The van der Waals surface area contributed by atoms with Crippen molar-refractivity contribution in [2.45, 2.75) is 13.8 Å². The minimum absolute atomic E-state index is 0.388. The molecule has 0 aliphatic heterocycles. The first kappa shape index (κ1) is 22.7. The number of anilines is 1. The summed E-state index contributed by atoms with van der Waals surface area (Å²) in [4.78, 5) is 36.6. The van der Waals surface area contributed by atoms with Crippen molar-refractivity contribution in [3.05, 3.63) is 76.5 Å². The molecule has 164 valence electrons. The SMILES string of the molecule is CCOc1ccc(NC(=O)C(=O)NN=C(C)c2ccc(OC(=O)c3cccs3)cc2)cc1. The quantitative estimate of drug-likeness (QED) is 0.187. The fourth-order valence-corrected chi connectivity index (χ4v) is 3.15. The van der Waals surface area contributed by atoms with Gasteiger partial charge < -0.3 is 14.8 Å². The summed E-state index contributed by atoms with van der Waals surface area (Å²) in [5.74, 6) is -1.12. The van der Waals surface area contributed by atoms with E-state index < -0.39 is 17.8 Å². The lowest BCUT2D eigenvalue weighted by atomic mass is 10.1. The lowest BCUT2D eigenvalue weighted by molar-refractivity contribution is -0.136. The largest absolute Gasteiger partial charge is 0.494 e. The van der Waals surface area contributed by atoms with Gasteiger partial charge in [-0.1, -0.05) is 6.07 Å². The van der Waals surface area contributed by atoms with E-state index in [0.717, 1.165) is 0 Å². The maximum atomic E-state index is 12.0. The Labute approximate surface area is 188 Å². The number of ether oxygens (including phenoxy) is 2. The van der Waals surface area contributed by atoms with Crippen LogP contribution in [0.15, 0.2) is 71.1 Å². The monoisotopic (exact) mass is 451 g/mol. The number of carbonyl (C=O) groups excluding carboxylic acids is 3. The molecule has 0 spiro atoms. The number of benzene rings is 2. The standard InChI is InChI=1S/C23H21N3O5S/c1-3-30-18-12-8-17(9-13-18)24-21(27)22(28)26-25-15(2)16-6-10-19(11-7-16)31-23(29)20-5-4-14-32-20/h4-14H,3H2,1-2H3,(H,24,27)(H,26,28). The number of nitrogens with one attached hydrogen (secondary N) is 2. The molecule has 3 aromatic rings. The van der Waals surface area contributed by atoms with Crippen LogP contribution >= 0.6 is 11.3 Å². The van der Waals surface area contributed by atoms with Crippen molar-refractivity contribution >= 4 is 40.5 Å². The van der Waals surface area contributed by atoms with Crippen LogP contribution in [0.3, 0.4) is 0 Å². The molecule has 0 radical (unpaired) electrons. The van der Waals surface area contributed by atoms with Crippen molar-refractivity contribution in [1.29, 1.82) is 0 Å². The normalized spacial score (nSPS) is 10.9. The van der Waals surface area contributed by atoms with Gasteiger partial charge in [0.1, 0.15) is 16.4 Å². The topological polar surface area (TPSA) is 106 Å². The van der Waals surface area contributed by atoms with Crippen LogP contribution in [0.4, 0.5) is 5.69 Å². The highest BCUT2D eigenvalue weighted by molar-refractivity contribution is 7.12. The molecule has 0 saturated heterocycles. The van der Waals surface area contributed by atoms with Crippen LogP contribution in [0, 0.1) is 0 Å². The van der Waals surface area contributed by atoms with E-state index in [1.807, 2.05) is 6.92 Å². The van der Waals surface area contributed by atoms with Gasteiger partial charge >= 0.3 is 17.8 Å². The number of rotatable bonds is 7. The summed E-state index contributed by atoms with van der Waals surface area (Å²) >= 11 is 1.30. The Hall–Kier alpha value is -3.98. The van der Waals surface area contributed by atoms with Gasteiger partial charge in [-0.05, 0) is 79.4 Å². The molecule has 9 heteroatoms. The van der Waals surface area contributed by atoms with E-state index in [1.54, 1.807) is 73.0 Å². The average molecular weight is 452 g/mol. The van der Waals surface area contributed by atoms with Crippen molar-refractivity contribution < 1.29 is 23.9 Å². The predicted octanol–water partition coefficient (Wildman–Crippen LogP) is 3.84. The molecule has 0 bridgehead atoms. The lowest BCUT2D eigenvalue weighted by Crippen LogP contribution is -2.32. The highest BCUT2D eigenvalue weighted by Crippen LogP contribution is 2.17. The van der Waals surface area contributed by atoms with E-state index in [0.29, 0.717) is 39.9 Å². The smallest absolute Gasteiger partial charge is 0.353 e. The van der Waals surface area contributed by atoms with Crippen LogP contribution < -0.4 is 20.2 Å². The second-order valence-corrected chi connectivity index (χ2v) is 7.39. The molecule has 8 nitrogen and oxygen atoms in total. The number of carbonyl (C=O) groups is 3. The Bertz CT molecular complexity index is 1110. The number of hydrogen-bond acceptors (Lipinski definition) is 7. The van der Waals surface area contributed by atoms with Gasteiger partial charge in [0, 0.05) is 5.69 Å². The van der Waals surface area contributed by atoms with Gasteiger partial charge in [-0.15, -0.1) is 11.3 Å². The summed E-state index contributed by atoms with van der Waals surface area (Å²) in [6, 6.07) is 16.8. The third kappa shape index (κ3) is 6.26. The van der Waals surface area contributed by atoms with Gasteiger partial charge in [0.25, 0.3) is 0 Å². The van der Waals surface area contributed by atoms with Gasteiger partial charge in [0.05, 0.1) is 12.3 Å². The van der Waals surface area contributed by atoms with E-state index in [4.69, 9.17) is 9.47 Å². The molecule has 1 aromatic heterocycles. The Morgan fingerprint density at radius 3 is 2.25 bits per heavy atom. The first-order chi connectivity index (χ1) is 15.5. The molecule has 2 amide bonds. The van der Waals surface area contributed by atoms with Crippen molar-refractivity contribution in [1.82, 2.24) is 5.43 Å². The molecule has 2 aromatic carbocycles. The predicted molar refractivity (Wildman–Crippen MR) is 122 cm³/mol. The molecular weight excluding hydrogens is 430 g/mol. The van der Waals surface area contributed by atoms with Crippen molar-refractivity contribution in [2.75, 3.05) is 11.9 Å². The summed E-state index contributed by atoms with van der Waals surface area (Å²) in [6.45, 7) is 4.09. The summed E-state index contributed by atoms with van der Waals surface area (Å²) < 4.78 is 10.6. The number of esters is 1. The minimum Gasteiger partial charge on any atom is -0.494 e. The lowest BCUT2D eigenvalue weighted by Gasteiger charge is -2.07. The fraction of sp³-hybridized carbons (Fsp3) is 0.130. The average Bonchev–Trinajstić information content (AvgIpc) is 3.34. The van der Waals surface area contributed by atoms with Crippen LogP contribution in [0.25, 0.3) is 0 Å². The number of thiophene rings is 1. The molecule has 0 aliphatic carbocycles. The van der Waals surface area contributed by atoms with Gasteiger partial charge in [-0.3, -0.25) is 9.59 Å².